The highest BCUT2D eigenvalue weighted by Gasteiger charge is 2.31. The van der Waals surface area contributed by atoms with Gasteiger partial charge in [0.2, 0.25) is 0 Å². The average molecular weight is 262 g/mol. The SMILES string of the molecule is CC(C)c1cccc(C(C)C2CC2)c1OCC(=O)O. The smallest absolute Gasteiger partial charge is 0.341 e. The van der Waals surface area contributed by atoms with Crippen molar-refractivity contribution in [3.8, 4) is 5.75 Å². The first-order chi connectivity index (χ1) is 9.00. The zero-order valence-corrected chi connectivity index (χ0v) is 11.8. The number of carboxylic acid groups (broad SMARTS) is 1. The first kappa shape index (κ1) is 13.9. The third-order valence-electron chi connectivity index (χ3n) is 3.86. The minimum atomic E-state index is -0.927. The fourth-order valence-electron chi connectivity index (χ4n) is 2.54. The molecular weight excluding hydrogens is 240 g/mol. The Balaban J connectivity index is 2.33. The Morgan fingerprint density at radius 3 is 2.47 bits per heavy atom. The largest absolute Gasteiger partial charge is 0.481 e. The Morgan fingerprint density at radius 2 is 1.95 bits per heavy atom. The Labute approximate surface area is 114 Å². The van der Waals surface area contributed by atoms with Crippen molar-refractivity contribution < 1.29 is 14.6 Å². The van der Waals surface area contributed by atoms with E-state index in [0.29, 0.717) is 11.8 Å². The zero-order chi connectivity index (χ0) is 14.0. The van der Waals surface area contributed by atoms with Crippen LogP contribution in [-0.4, -0.2) is 17.7 Å². The van der Waals surface area contributed by atoms with Gasteiger partial charge in [-0.25, -0.2) is 4.79 Å². The second kappa shape index (κ2) is 5.64. The van der Waals surface area contributed by atoms with Crippen molar-refractivity contribution in [1.82, 2.24) is 0 Å². The Morgan fingerprint density at radius 1 is 1.32 bits per heavy atom. The standard InChI is InChI=1S/C16H22O3/c1-10(2)13-5-4-6-14(11(3)12-7-8-12)16(13)19-9-15(17)18/h4-6,10-12H,7-9H2,1-3H3,(H,17,18). The highest BCUT2D eigenvalue weighted by molar-refractivity contribution is 5.68. The number of hydrogen-bond donors (Lipinski definition) is 1. The highest BCUT2D eigenvalue weighted by atomic mass is 16.5. The van der Waals surface area contributed by atoms with Crippen LogP contribution in [0.5, 0.6) is 5.75 Å². The maximum Gasteiger partial charge on any atom is 0.341 e. The number of hydrogen-bond acceptors (Lipinski definition) is 2. The first-order valence-corrected chi connectivity index (χ1v) is 6.98. The van der Waals surface area contributed by atoms with Crippen molar-refractivity contribution in [3.63, 3.8) is 0 Å². The molecule has 1 aromatic carbocycles. The summed E-state index contributed by atoms with van der Waals surface area (Å²) in [5, 5.41) is 8.83. The van der Waals surface area contributed by atoms with Crippen molar-refractivity contribution in [2.45, 2.75) is 45.4 Å². The maximum atomic E-state index is 10.8. The third-order valence-corrected chi connectivity index (χ3v) is 3.86. The molecule has 3 nitrogen and oxygen atoms in total. The molecule has 19 heavy (non-hydrogen) atoms. The molecule has 0 aliphatic heterocycles. The van der Waals surface area contributed by atoms with Gasteiger partial charge in [0.15, 0.2) is 6.61 Å². The van der Waals surface area contributed by atoms with Gasteiger partial charge < -0.3 is 9.84 Å². The highest BCUT2D eigenvalue weighted by Crippen LogP contribution is 2.46. The van der Waals surface area contributed by atoms with Crippen LogP contribution in [0.15, 0.2) is 18.2 Å². The maximum absolute atomic E-state index is 10.8. The van der Waals surface area contributed by atoms with E-state index < -0.39 is 5.97 Å². The molecule has 0 spiro atoms. The van der Waals surface area contributed by atoms with Crippen LogP contribution in [0, 0.1) is 5.92 Å². The van der Waals surface area contributed by atoms with Crippen LogP contribution in [-0.2, 0) is 4.79 Å². The Bertz CT molecular complexity index is 461. The predicted octanol–water partition coefficient (Wildman–Crippen LogP) is 3.79. The molecule has 1 aliphatic rings. The van der Waals surface area contributed by atoms with Gasteiger partial charge in [-0.2, -0.15) is 0 Å². The summed E-state index contributed by atoms with van der Waals surface area (Å²) in [4.78, 5) is 10.8. The number of carbonyl (C=O) groups is 1. The molecule has 1 atom stereocenters. The molecule has 3 heteroatoms. The topological polar surface area (TPSA) is 46.5 Å². The molecule has 0 amide bonds. The van der Waals surface area contributed by atoms with Gasteiger partial charge in [-0.05, 0) is 41.7 Å². The van der Waals surface area contributed by atoms with Gasteiger partial charge in [-0.3, -0.25) is 0 Å². The minimum Gasteiger partial charge on any atom is -0.481 e. The molecule has 0 bridgehead atoms. The van der Waals surface area contributed by atoms with Gasteiger partial charge in [0.1, 0.15) is 5.75 Å². The predicted molar refractivity (Wildman–Crippen MR) is 74.8 cm³/mol. The Hall–Kier alpha value is -1.51. The summed E-state index contributed by atoms with van der Waals surface area (Å²) in [6.45, 7) is 6.15. The van der Waals surface area contributed by atoms with Crippen LogP contribution in [0.3, 0.4) is 0 Å². The molecule has 2 rings (SSSR count). The van der Waals surface area contributed by atoms with Gasteiger partial charge >= 0.3 is 5.97 Å². The number of aliphatic carboxylic acids is 1. The average Bonchev–Trinajstić information content (AvgIpc) is 3.19. The second-order valence-electron chi connectivity index (χ2n) is 5.73. The number of ether oxygens (including phenoxy) is 1. The second-order valence-corrected chi connectivity index (χ2v) is 5.73. The van der Waals surface area contributed by atoms with Crippen molar-refractivity contribution in [2.24, 2.45) is 5.92 Å². The summed E-state index contributed by atoms with van der Waals surface area (Å²) < 4.78 is 5.59. The van der Waals surface area contributed by atoms with Crippen LogP contribution in [0.25, 0.3) is 0 Å². The van der Waals surface area contributed by atoms with Gasteiger partial charge in [0, 0.05) is 0 Å². The molecule has 104 valence electrons. The minimum absolute atomic E-state index is 0.270. The summed E-state index contributed by atoms with van der Waals surface area (Å²) >= 11 is 0. The van der Waals surface area contributed by atoms with Crippen molar-refractivity contribution >= 4 is 5.97 Å². The zero-order valence-electron chi connectivity index (χ0n) is 11.8. The van der Waals surface area contributed by atoms with Crippen LogP contribution >= 0.6 is 0 Å². The number of para-hydroxylation sites is 1. The monoisotopic (exact) mass is 262 g/mol. The molecule has 1 aromatic rings. The summed E-state index contributed by atoms with van der Waals surface area (Å²) in [6, 6.07) is 6.16. The summed E-state index contributed by atoms with van der Waals surface area (Å²) in [5.41, 5.74) is 2.27. The van der Waals surface area contributed by atoms with Crippen LogP contribution in [0.4, 0.5) is 0 Å². The normalized spacial score (nSPS) is 16.4. The van der Waals surface area contributed by atoms with E-state index in [4.69, 9.17) is 9.84 Å². The van der Waals surface area contributed by atoms with Gasteiger partial charge in [0.05, 0.1) is 0 Å². The molecule has 1 N–H and O–H groups in total. The molecule has 1 fully saturated rings. The van der Waals surface area contributed by atoms with E-state index in [2.05, 4.69) is 32.9 Å². The molecule has 1 aliphatic carbocycles. The lowest BCUT2D eigenvalue weighted by molar-refractivity contribution is -0.139. The van der Waals surface area contributed by atoms with Crippen molar-refractivity contribution in [2.75, 3.05) is 6.61 Å². The molecule has 1 unspecified atom stereocenters. The lowest BCUT2D eigenvalue weighted by Gasteiger charge is -2.20. The Kier molecular flexibility index (Phi) is 4.13. The van der Waals surface area contributed by atoms with E-state index in [1.54, 1.807) is 0 Å². The van der Waals surface area contributed by atoms with Gasteiger partial charge in [0.25, 0.3) is 0 Å². The van der Waals surface area contributed by atoms with Crippen molar-refractivity contribution in [3.05, 3.63) is 29.3 Å². The van der Waals surface area contributed by atoms with E-state index in [0.717, 1.165) is 22.8 Å². The van der Waals surface area contributed by atoms with Crippen LogP contribution in [0.1, 0.15) is 56.6 Å². The lowest BCUT2D eigenvalue weighted by atomic mass is 9.90. The summed E-state index contributed by atoms with van der Waals surface area (Å²) in [7, 11) is 0. The number of rotatable bonds is 6. The summed E-state index contributed by atoms with van der Waals surface area (Å²) in [5.74, 6) is 1.37. The molecule has 1 saturated carbocycles. The van der Waals surface area contributed by atoms with E-state index in [-0.39, 0.29) is 6.61 Å². The molecule has 0 saturated heterocycles. The number of carboxylic acids is 1. The summed E-state index contributed by atoms with van der Waals surface area (Å²) in [6.07, 6.45) is 2.54. The van der Waals surface area contributed by atoms with E-state index >= 15 is 0 Å². The fraction of sp³-hybridized carbons (Fsp3) is 0.562. The molecule has 0 heterocycles. The van der Waals surface area contributed by atoms with E-state index in [9.17, 15) is 4.79 Å². The van der Waals surface area contributed by atoms with E-state index in [1.165, 1.54) is 12.8 Å². The number of benzene rings is 1. The van der Waals surface area contributed by atoms with Gasteiger partial charge in [-0.15, -0.1) is 0 Å². The molecule has 0 aromatic heterocycles. The third kappa shape index (κ3) is 3.28. The molecular formula is C16H22O3. The lowest BCUT2D eigenvalue weighted by Crippen LogP contribution is -2.13. The van der Waals surface area contributed by atoms with Crippen molar-refractivity contribution in [1.29, 1.82) is 0 Å². The quantitative estimate of drug-likeness (QED) is 0.848. The molecule has 0 radical (unpaired) electrons. The van der Waals surface area contributed by atoms with E-state index in [1.807, 2.05) is 6.07 Å². The first-order valence-electron chi connectivity index (χ1n) is 6.98. The van der Waals surface area contributed by atoms with Crippen LogP contribution < -0.4 is 4.74 Å². The van der Waals surface area contributed by atoms with Crippen LogP contribution in [0.2, 0.25) is 0 Å². The van der Waals surface area contributed by atoms with Gasteiger partial charge in [-0.1, -0.05) is 39.0 Å². The fourth-order valence-corrected chi connectivity index (χ4v) is 2.54.